The summed E-state index contributed by atoms with van der Waals surface area (Å²) in [6.07, 6.45) is 7.92. The smallest absolute Gasteiger partial charge is 0.264 e. The third kappa shape index (κ3) is 5.38. The number of aryl methyl sites for hydroxylation is 1. The van der Waals surface area contributed by atoms with Crippen LogP contribution in [0.1, 0.15) is 60.9 Å². The Morgan fingerprint density at radius 2 is 1.59 bits per heavy atom. The van der Waals surface area contributed by atoms with E-state index in [0.29, 0.717) is 11.3 Å². The Morgan fingerprint density at radius 1 is 0.966 bits per heavy atom. The maximum atomic E-state index is 13.1. The van der Waals surface area contributed by atoms with Crippen molar-refractivity contribution >= 4 is 21.6 Å². The minimum atomic E-state index is -3.75. The monoisotopic (exact) mass is 414 g/mol. The molecular weight excluding hydrogens is 384 g/mol. The van der Waals surface area contributed by atoms with E-state index in [0.717, 1.165) is 31.2 Å². The number of nitrogens with one attached hydrogen (secondary N) is 1. The Morgan fingerprint density at radius 3 is 2.24 bits per heavy atom. The topological polar surface area (TPSA) is 66.5 Å². The molecule has 0 spiro atoms. The fourth-order valence-corrected chi connectivity index (χ4v) is 4.96. The van der Waals surface area contributed by atoms with E-state index in [9.17, 15) is 13.2 Å². The Bertz CT molecular complexity index is 931. The van der Waals surface area contributed by atoms with Crippen molar-refractivity contribution in [1.82, 2.24) is 5.32 Å². The first-order valence-corrected chi connectivity index (χ1v) is 11.8. The van der Waals surface area contributed by atoms with Crippen molar-refractivity contribution in [2.75, 3.05) is 11.4 Å². The molecule has 2 aromatic rings. The first-order valence-electron chi connectivity index (χ1n) is 10.3. The van der Waals surface area contributed by atoms with Crippen molar-refractivity contribution in [2.24, 2.45) is 0 Å². The molecule has 0 radical (unpaired) electrons. The zero-order valence-electron chi connectivity index (χ0n) is 17.2. The first-order chi connectivity index (χ1) is 13.9. The van der Waals surface area contributed by atoms with Gasteiger partial charge in [-0.25, -0.2) is 8.42 Å². The summed E-state index contributed by atoms with van der Waals surface area (Å²) in [5, 5.41) is 3.10. The van der Waals surface area contributed by atoms with Crippen molar-refractivity contribution < 1.29 is 13.2 Å². The summed E-state index contributed by atoms with van der Waals surface area (Å²) in [6, 6.07) is 13.8. The number of nitrogens with zero attached hydrogens (tertiary/aromatic N) is 1. The summed E-state index contributed by atoms with van der Waals surface area (Å²) in [6.45, 7) is 1.95. The quantitative estimate of drug-likeness (QED) is 0.774. The van der Waals surface area contributed by atoms with Gasteiger partial charge in [-0.3, -0.25) is 9.10 Å². The highest BCUT2D eigenvalue weighted by Crippen LogP contribution is 2.23. The molecule has 0 bridgehead atoms. The summed E-state index contributed by atoms with van der Waals surface area (Å²) in [5.74, 6) is -0.203. The number of anilines is 1. The molecule has 1 aliphatic carbocycles. The molecule has 156 valence electrons. The normalized spacial score (nSPS) is 15.9. The van der Waals surface area contributed by atoms with Crippen LogP contribution in [0.4, 0.5) is 5.69 Å². The van der Waals surface area contributed by atoms with Crippen LogP contribution in [0.15, 0.2) is 53.4 Å². The Labute approximate surface area is 174 Å². The molecule has 1 saturated carbocycles. The highest BCUT2D eigenvalue weighted by Gasteiger charge is 2.23. The van der Waals surface area contributed by atoms with Crippen LogP contribution in [0.3, 0.4) is 0 Å². The van der Waals surface area contributed by atoms with Crippen LogP contribution in [0.5, 0.6) is 0 Å². The summed E-state index contributed by atoms with van der Waals surface area (Å²) in [5.41, 5.74) is 2.03. The van der Waals surface area contributed by atoms with Crippen LogP contribution in [0.25, 0.3) is 0 Å². The highest BCUT2D eigenvalue weighted by molar-refractivity contribution is 7.92. The Kier molecular flexibility index (Phi) is 6.96. The van der Waals surface area contributed by atoms with E-state index in [2.05, 4.69) is 5.32 Å². The second kappa shape index (κ2) is 9.44. The van der Waals surface area contributed by atoms with Gasteiger partial charge in [-0.05, 0) is 50.1 Å². The predicted molar refractivity (Wildman–Crippen MR) is 117 cm³/mol. The third-order valence-electron chi connectivity index (χ3n) is 5.59. The van der Waals surface area contributed by atoms with E-state index in [1.165, 1.54) is 42.7 Å². The lowest BCUT2D eigenvalue weighted by Gasteiger charge is -2.22. The van der Waals surface area contributed by atoms with Crippen LogP contribution >= 0.6 is 0 Å². The van der Waals surface area contributed by atoms with Gasteiger partial charge in [-0.15, -0.1) is 0 Å². The van der Waals surface area contributed by atoms with E-state index in [1.807, 2.05) is 19.1 Å². The molecule has 2 aromatic carbocycles. The molecule has 0 saturated heterocycles. The number of benzene rings is 2. The average molecular weight is 415 g/mol. The van der Waals surface area contributed by atoms with Gasteiger partial charge in [0.05, 0.1) is 10.6 Å². The van der Waals surface area contributed by atoms with Crippen LogP contribution in [-0.4, -0.2) is 27.4 Å². The molecule has 29 heavy (non-hydrogen) atoms. The summed E-state index contributed by atoms with van der Waals surface area (Å²) >= 11 is 0. The van der Waals surface area contributed by atoms with Crippen molar-refractivity contribution in [3.8, 4) is 0 Å². The number of hydrogen-bond donors (Lipinski definition) is 1. The lowest BCUT2D eigenvalue weighted by molar-refractivity contribution is 0.0930. The van der Waals surface area contributed by atoms with Gasteiger partial charge in [0.15, 0.2) is 0 Å². The summed E-state index contributed by atoms with van der Waals surface area (Å²) in [7, 11) is -2.22. The fourth-order valence-electron chi connectivity index (χ4n) is 3.72. The molecule has 6 heteroatoms. The van der Waals surface area contributed by atoms with E-state index < -0.39 is 10.0 Å². The van der Waals surface area contributed by atoms with Crippen LogP contribution < -0.4 is 9.62 Å². The molecule has 0 aliphatic heterocycles. The van der Waals surface area contributed by atoms with Gasteiger partial charge < -0.3 is 5.32 Å². The Hall–Kier alpha value is -2.34. The molecule has 1 amide bonds. The zero-order chi connectivity index (χ0) is 20.9. The number of sulfonamides is 1. The molecule has 1 N–H and O–H groups in total. The fraction of sp³-hybridized carbons (Fsp3) is 0.435. The van der Waals surface area contributed by atoms with Crippen molar-refractivity contribution in [1.29, 1.82) is 0 Å². The van der Waals surface area contributed by atoms with Gasteiger partial charge >= 0.3 is 0 Å². The molecule has 1 aliphatic rings. The lowest BCUT2D eigenvalue weighted by Crippen LogP contribution is -2.35. The number of hydrogen-bond acceptors (Lipinski definition) is 3. The number of rotatable bonds is 5. The molecule has 5 nitrogen and oxygen atoms in total. The van der Waals surface area contributed by atoms with Crippen molar-refractivity contribution in [3.63, 3.8) is 0 Å². The zero-order valence-corrected chi connectivity index (χ0v) is 18.0. The van der Waals surface area contributed by atoms with Gasteiger partial charge in [0.1, 0.15) is 0 Å². The van der Waals surface area contributed by atoms with E-state index in [4.69, 9.17) is 0 Å². The van der Waals surface area contributed by atoms with Crippen LogP contribution in [0, 0.1) is 6.92 Å². The Balaban J connectivity index is 1.76. The summed E-state index contributed by atoms with van der Waals surface area (Å²) < 4.78 is 27.4. The lowest BCUT2D eigenvalue weighted by atomic mass is 9.96. The number of amides is 1. The van der Waals surface area contributed by atoms with E-state index in [1.54, 1.807) is 24.3 Å². The third-order valence-corrected chi connectivity index (χ3v) is 7.37. The minimum Gasteiger partial charge on any atom is -0.349 e. The summed E-state index contributed by atoms with van der Waals surface area (Å²) in [4.78, 5) is 12.9. The van der Waals surface area contributed by atoms with Gasteiger partial charge in [0.25, 0.3) is 15.9 Å². The van der Waals surface area contributed by atoms with Crippen molar-refractivity contribution in [3.05, 3.63) is 59.7 Å². The second-order valence-corrected chi connectivity index (χ2v) is 9.82. The minimum absolute atomic E-state index is 0.117. The SMILES string of the molecule is Cc1ccc(N(C)S(=O)(=O)c2cccc(C(=O)NC3CCCCCCC3)c2)cc1. The molecule has 0 atom stereocenters. The van der Waals surface area contributed by atoms with Crippen LogP contribution in [-0.2, 0) is 10.0 Å². The highest BCUT2D eigenvalue weighted by atomic mass is 32.2. The molecule has 1 fully saturated rings. The molecule has 0 aromatic heterocycles. The average Bonchev–Trinajstić information content (AvgIpc) is 2.70. The van der Waals surface area contributed by atoms with E-state index >= 15 is 0 Å². The number of carbonyl (C=O) groups is 1. The predicted octanol–water partition coefficient (Wildman–Crippen LogP) is 4.66. The van der Waals surface area contributed by atoms with Gasteiger partial charge in [-0.2, -0.15) is 0 Å². The van der Waals surface area contributed by atoms with Crippen LogP contribution in [0.2, 0.25) is 0 Å². The largest absolute Gasteiger partial charge is 0.349 e. The van der Waals surface area contributed by atoms with Gasteiger partial charge in [-0.1, -0.05) is 55.9 Å². The molecule has 3 rings (SSSR count). The van der Waals surface area contributed by atoms with Gasteiger partial charge in [0.2, 0.25) is 0 Å². The van der Waals surface area contributed by atoms with Crippen molar-refractivity contribution in [2.45, 2.75) is 62.8 Å². The number of carbonyl (C=O) groups excluding carboxylic acids is 1. The maximum absolute atomic E-state index is 13.1. The molecule has 0 heterocycles. The maximum Gasteiger partial charge on any atom is 0.264 e. The molecular formula is C23H30N2O3S. The standard InChI is InChI=1S/C23H30N2O3S/c1-18-13-15-21(16-14-18)25(2)29(27,28)22-12-8-9-19(17-22)23(26)24-20-10-6-4-3-5-7-11-20/h8-9,12-17,20H,3-7,10-11H2,1-2H3,(H,24,26). The second-order valence-electron chi connectivity index (χ2n) is 7.85. The van der Waals surface area contributed by atoms with Gasteiger partial charge in [0, 0.05) is 18.7 Å². The van der Waals surface area contributed by atoms with E-state index in [-0.39, 0.29) is 16.8 Å². The first kappa shape index (κ1) is 21.4. The molecule has 0 unspecified atom stereocenters.